The molecule has 0 radical (unpaired) electrons. The van der Waals surface area contributed by atoms with Crippen LogP contribution in [0.5, 0.6) is 0 Å². The molecule has 0 saturated carbocycles. The average Bonchev–Trinajstić information content (AvgIpc) is 2.20. The number of aliphatic hydroxyl groups is 1. The molecule has 0 unspecified atom stereocenters. The van der Waals surface area contributed by atoms with Gasteiger partial charge < -0.3 is 9.84 Å². The average molecular weight is 192 g/mol. The Morgan fingerprint density at radius 2 is 2.00 bits per heavy atom. The number of ether oxygens (including phenoxy) is 1. The quantitative estimate of drug-likeness (QED) is 0.740. The molecule has 0 bridgehead atoms. The highest BCUT2D eigenvalue weighted by molar-refractivity contribution is 5.24. The monoisotopic (exact) mass is 192 g/mol. The van der Waals surface area contributed by atoms with Crippen molar-refractivity contribution >= 4 is 0 Å². The van der Waals surface area contributed by atoms with Gasteiger partial charge >= 0.3 is 0 Å². The number of hydrogen-bond donors (Lipinski definition) is 1. The van der Waals surface area contributed by atoms with Crippen LogP contribution >= 0.6 is 0 Å². The topological polar surface area (TPSA) is 29.5 Å². The van der Waals surface area contributed by atoms with E-state index in [2.05, 4.69) is 6.58 Å². The number of rotatable bonds is 4. The Hall–Kier alpha value is -1.12. The SMILES string of the molecule is C=C[C@H](OC)[C@@](C)(O)c1ccccc1. The second kappa shape index (κ2) is 4.40. The van der Waals surface area contributed by atoms with Crippen LogP contribution in [0.4, 0.5) is 0 Å². The lowest BCUT2D eigenvalue weighted by molar-refractivity contribution is -0.0622. The lowest BCUT2D eigenvalue weighted by Gasteiger charge is -2.30. The second-order valence-electron chi connectivity index (χ2n) is 3.41. The van der Waals surface area contributed by atoms with Crippen LogP contribution in [-0.2, 0) is 10.3 Å². The third-order valence-corrected chi connectivity index (χ3v) is 2.38. The van der Waals surface area contributed by atoms with E-state index in [1.165, 1.54) is 0 Å². The first-order valence-corrected chi connectivity index (χ1v) is 4.56. The molecule has 1 N–H and O–H groups in total. The van der Waals surface area contributed by atoms with Gasteiger partial charge in [-0.25, -0.2) is 0 Å². The number of methoxy groups -OCH3 is 1. The predicted molar refractivity (Wildman–Crippen MR) is 57.0 cm³/mol. The van der Waals surface area contributed by atoms with Crippen molar-refractivity contribution in [2.75, 3.05) is 7.11 Å². The van der Waals surface area contributed by atoms with Crippen LogP contribution in [0.25, 0.3) is 0 Å². The third-order valence-electron chi connectivity index (χ3n) is 2.38. The molecule has 76 valence electrons. The summed E-state index contributed by atoms with van der Waals surface area (Å²) in [6.45, 7) is 5.36. The molecule has 0 fully saturated rings. The molecule has 2 heteroatoms. The maximum Gasteiger partial charge on any atom is 0.116 e. The van der Waals surface area contributed by atoms with E-state index in [4.69, 9.17) is 4.74 Å². The van der Waals surface area contributed by atoms with Gasteiger partial charge in [-0.1, -0.05) is 36.4 Å². The smallest absolute Gasteiger partial charge is 0.116 e. The van der Waals surface area contributed by atoms with E-state index in [0.29, 0.717) is 0 Å². The van der Waals surface area contributed by atoms with E-state index < -0.39 is 11.7 Å². The Morgan fingerprint density at radius 3 is 2.43 bits per heavy atom. The Labute approximate surface area is 84.8 Å². The first-order chi connectivity index (χ1) is 6.62. The van der Waals surface area contributed by atoms with Crippen molar-refractivity contribution in [1.29, 1.82) is 0 Å². The molecule has 1 aromatic rings. The Bertz CT molecular complexity index is 290. The van der Waals surface area contributed by atoms with Crippen LogP contribution in [0.2, 0.25) is 0 Å². The Balaban J connectivity index is 3.00. The van der Waals surface area contributed by atoms with Crippen molar-refractivity contribution in [1.82, 2.24) is 0 Å². The zero-order valence-electron chi connectivity index (χ0n) is 8.60. The summed E-state index contributed by atoms with van der Waals surface area (Å²) in [6, 6.07) is 9.43. The summed E-state index contributed by atoms with van der Waals surface area (Å²) in [4.78, 5) is 0. The van der Waals surface area contributed by atoms with E-state index in [9.17, 15) is 5.11 Å². The minimum Gasteiger partial charge on any atom is -0.382 e. The predicted octanol–water partition coefficient (Wildman–Crippen LogP) is 2.10. The molecule has 2 nitrogen and oxygen atoms in total. The van der Waals surface area contributed by atoms with Gasteiger partial charge in [0.05, 0.1) is 0 Å². The van der Waals surface area contributed by atoms with Gasteiger partial charge in [0.15, 0.2) is 0 Å². The highest BCUT2D eigenvalue weighted by Crippen LogP contribution is 2.26. The van der Waals surface area contributed by atoms with Crippen LogP contribution in [-0.4, -0.2) is 18.3 Å². The molecule has 0 aliphatic heterocycles. The summed E-state index contributed by atoms with van der Waals surface area (Å²) in [5.74, 6) is 0. The summed E-state index contributed by atoms with van der Waals surface area (Å²) in [5.41, 5.74) is -0.204. The maximum atomic E-state index is 10.2. The van der Waals surface area contributed by atoms with E-state index in [0.717, 1.165) is 5.56 Å². The summed E-state index contributed by atoms with van der Waals surface area (Å²) in [6.07, 6.45) is 1.21. The van der Waals surface area contributed by atoms with Crippen molar-refractivity contribution in [3.8, 4) is 0 Å². The fourth-order valence-electron chi connectivity index (χ4n) is 1.50. The fraction of sp³-hybridized carbons (Fsp3) is 0.333. The van der Waals surface area contributed by atoms with Crippen molar-refractivity contribution in [2.24, 2.45) is 0 Å². The van der Waals surface area contributed by atoms with Crippen molar-refractivity contribution in [2.45, 2.75) is 18.6 Å². The molecule has 2 atom stereocenters. The van der Waals surface area contributed by atoms with Crippen molar-refractivity contribution in [3.63, 3.8) is 0 Å². The summed E-state index contributed by atoms with van der Waals surface area (Å²) in [7, 11) is 1.56. The molecule has 0 heterocycles. The summed E-state index contributed by atoms with van der Waals surface area (Å²) < 4.78 is 5.15. The van der Waals surface area contributed by atoms with Gasteiger partial charge in [-0.05, 0) is 12.5 Å². The molecule has 14 heavy (non-hydrogen) atoms. The maximum absolute atomic E-state index is 10.2. The lowest BCUT2D eigenvalue weighted by Crippen LogP contribution is -2.36. The zero-order chi connectivity index (χ0) is 10.6. The molecule has 0 aliphatic carbocycles. The van der Waals surface area contributed by atoms with Gasteiger partial charge in [-0.3, -0.25) is 0 Å². The molecule has 0 aliphatic rings. The molecular weight excluding hydrogens is 176 g/mol. The molecule has 0 spiro atoms. The third kappa shape index (κ3) is 2.03. The second-order valence-corrected chi connectivity index (χ2v) is 3.41. The lowest BCUT2D eigenvalue weighted by atomic mass is 9.90. The van der Waals surface area contributed by atoms with E-state index >= 15 is 0 Å². The largest absolute Gasteiger partial charge is 0.382 e. The standard InChI is InChI=1S/C12H16O2/c1-4-11(14-3)12(2,13)10-8-6-5-7-9-10/h4-9,11,13H,1H2,2-3H3/t11-,12-/m0/s1. The fourth-order valence-corrected chi connectivity index (χ4v) is 1.50. The molecule has 1 rings (SSSR count). The summed E-state index contributed by atoms with van der Waals surface area (Å²) in [5, 5.41) is 10.2. The Morgan fingerprint density at radius 1 is 1.43 bits per heavy atom. The summed E-state index contributed by atoms with van der Waals surface area (Å²) >= 11 is 0. The van der Waals surface area contributed by atoms with Crippen LogP contribution in [0.1, 0.15) is 12.5 Å². The van der Waals surface area contributed by atoms with Crippen LogP contribution in [0, 0.1) is 0 Å². The molecule has 0 amide bonds. The molecular formula is C12H16O2. The van der Waals surface area contributed by atoms with E-state index in [1.54, 1.807) is 20.1 Å². The zero-order valence-corrected chi connectivity index (χ0v) is 8.60. The first kappa shape index (κ1) is 11.0. The number of benzene rings is 1. The molecule has 0 saturated heterocycles. The van der Waals surface area contributed by atoms with Gasteiger partial charge in [-0.15, -0.1) is 6.58 Å². The first-order valence-electron chi connectivity index (χ1n) is 4.56. The van der Waals surface area contributed by atoms with Crippen molar-refractivity contribution in [3.05, 3.63) is 48.6 Å². The molecule has 1 aromatic carbocycles. The van der Waals surface area contributed by atoms with Gasteiger partial charge in [0, 0.05) is 7.11 Å². The van der Waals surface area contributed by atoms with Gasteiger partial charge in [0.1, 0.15) is 11.7 Å². The minimum absolute atomic E-state index is 0.398. The van der Waals surface area contributed by atoms with E-state index in [-0.39, 0.29) is 0 Å². The van der Waals surface area contributed by atoms with Gasteiger partial charge in [0.2, 0.25) is 0 Å². The van der Waals surface area contributed by atoms with Gasteiger partial charge in [-0.2, -0.15) is 0 Å². The van der Waals surface area contributed by atoms with E-state index in [1.807, 2.05) is 30.3 Å². The highest BCUT2D eigenvalue weighted by atomic mass is 16.5. The normalized spacial score (nSPS) is 17.1. The van der Waals surface area contributed by atoms with Crippen LogP contribution in [0.15, 0.2) is 43.0 Å². The molecule has 0 aromatic heterocycles. The Kier molecular flexibility index (Phi) is 3.44. The highest BCUT2D eigenvalue weighted by Gasteiger charge is 2.31. The minimum atomic E-state index is -1.03. The van der Waals surface area contributed by atoms with Crippen molar-refractivity contribution < 1.29 is 9.84 Å². The van der Waals surface area contributed by atoms with Crippen LogP contribution < -0.4 is 0 Å². The van der Waals surface area contributed by atoms with Gasteiger partial charge in [0.25, 0.3) is 0 Å². The van der Waals surface area contributed by atoms with Crippen LogP contribution in [0.3, 0.4) is 0 Å². The number of hydrogen-bond acceptors (Lipinski definition) is 2.